The van der Waals surface area contributed by atoms with Crippen molar-refractivity contribution in [2.45, 2.75) is 29.9 Å². The first-order valence-corrected chi connectivity index (χ1v) is 6.66. The van der Waals surface area contributed by atoms with E-state index in [1.165, 1.54) is 24.1 Å². The number of oxazole rings is 1. The SMILES string of the molecule is CCC(N)C(Sc1ncco1)c1ccccc1F. The molecule has 0 fully saturated rings. The number of hydrogen-bond donors (Lipinski definition) is 1. The van der Waals surface area contributed by atoms with Crippen LogP contribution in [0.5, 0.6) is 0 Å². The molecule has 0 aliphatic carbocycles. The maximum absolute atomic E-state index is 13.8. The van der Waals surface area contributed by atoms with Gasteiger partial charge in [0, 0.05) is 11.6 Å². The van der Waals surface area contributed by atoms with E-state index in [1.807, 2.05) is 13.0 Å². The Kier molecular flexibility index (Phi) is 4.38. The van der Waals surface area contributed by atoms with Gasteiger partial charge in [0.1, 0.15) is 12.1 Å². The highest BCUT2D eigenvalue weighted by Gasteiger charge is 2.24. The fourth-order valence-electron chi connectivity index (χ4n) is 1.68. The lowest BCUT2D eigenvalue weighted by molar-refractivity contribution is 0.451. The van der Waals surface area contributed by atoms with E-state index in [4.69, 9.17) is 10.2 Å². The van der Waals surface area contributed by atoms with Crippen molar-refractivity contribution < 1.29 is 8.81 Å². The highest BCUT2D eigenvalue weighted by molar-refractivity contribution is 7.99. The Bertz CT molecular complexity index is 489. The van der Waals surface area contributed by atoms with E-state index in [0.717, 1.165) is 6.42 Å². The van der Waals surface area contributed by atoms with Crippen molar-refractivity contribution in [1.29, 1.82) is 0 Å². The summed E-state index contributed by atoms with van der Waals surface area (Å²) in [6.45, 7) is 1.98. The molecule has 2 unspecified atom stereocenters. The molecule has 2 N–H and O–H groups in total. The van der Waals surface area contributed by atoms with Gasteiger partial charge in [0.05, 0.1) is 11.4 Å². The molecule has 2 rings (SSSR count). The Morgan fingerprint density at radius 3 is 2.83 bits per heavy atom. The molecule has 3 nitrogen and oxygen atoms in total. The molecule has 0 spiro atoms. The van der Waals surface area contributed by atoms with Crippen LogP contribution in [0.2, 0.25) is 0 Å². The minimum Gasteiger partial charge on any atom is -0.440 e. The Balaban J connectivity index is 2.28. The van der Waals surface area contributed by atoms with Crippen LogP contribution in [0.1, 0.15) is 24.2 Å². The molecule has 0 saturated heterocycles. The van der Waals surface area contributed by atoms with Crippen LogP contribution in [0, 0.1) is 5.82 Å². The summed E-state index contributed by atoms with van der Waals surface area (Å²) in [5.41, 5.74) is 6.67. The van der Waals surface area contributed by atoms with Gasteiger partial charge in [-0.2, -0.15) is 0 Å². The van der Waals surface area contributed by atoms with Gasteiger partial charge in [-0.15, -0.1) is 0 Å². The molecule has 0 saturated carbocycles. The standard InChI is InChI=1S/C13H15FN2OS/c1-2-11(15)12(18-13-16-7-8-17-13)9-5-3-4-6-10(9)14/h3-8,11-12H,2,15H2,1H3. The van der Waals surface area contributed by atoms with Crippen molar-refractivity contribution in [2.75, 3.05) is 0 Å². The zero-order valence-electron chi connectivity index (χ0n) is 10.0. The molecule has 0 bridgehead atoms. The third-order valence-electron chi connectivity index (χ3n) is 2.71. The van der Waals surface area contributed by atoms with Gasteiger partial charge in [0.25, 0.3) is 5.22 Å². The molecule has 1 heterocycles. The average Bonchev–Trinajstić information content (AvgIpc) is 2.89. The smallest absolute Gasteiger partial charge is 0.256 e. The van der Waals surface area contributed by atoms with Crippen molar-refractivity contribution in [3.8, 4) is 0 Å². The summed E-state index contributed by atoms with van der Waals surface area (Å²) in [6.07, 6.45) is 3.82. The van der Waals surface area contributed by atoms with Crippen LogP contribution in [0.3, 0.4) is 0 Å². The van der Waals surface area contributed by atoms with Crippen molar-refractivity contribution in [3.05, 3.63) is 48.1 Å². The quantitative estimate of drug-likeness (QED) is 0.843. The summed E-state index contributed by atoms with van der Waals surface area (Å²) in [4.78, 5) is 4.05. The highest BCUT2D eigenvalue weighted by atomic mass is 32.2. The fourth-order valence-corrected chi connectivity index (χ4v) is 2.81. The third-order valence-corrected chi connectivity index (χ3v) is 3.97. The number of aromatic nitrogens is 1. The number of nitrogens with two attached hydrogens (primary N) is 1. The van der Waals surface area contributed by atoms with Gasteiger partial charge >= 0.3 is 0 Å². The number of halogens is 1. The molecule has 5 heteroatoms. The second-order valence-corrected chi connectivity index (χ2v) is 5.02. The highest BCUT2D eigenvalue weighted by Crippen LogP contribution is 2.38. The van der Waals surface area contributed by atoms with E-state index in [0.29, 0.717) is 10.8 Å². The van der Waals surface area contributed by atoms with E-state index in [9.17, 15) is 4.39 Å². The lowest BCUT2D eigenvalue weighted by Crippen LogP contribution is -2.26. The number of nitrogens with zero attached hydrogens (tertiary/aromatic N) is 1. The fraction of sp³-hybridized carbons (Fsp3) is 0.308. The van der Waals surface area contributed by atoms with Crippen molar-refractivity contribution >= 4 is 11.8 Å². The summed E-state index contributed by atoms with van der Waals surface area (Å²) < 4.78 is 19.0. The Labute approximate surface area is 110 Å². The largest absolute Gasteiger partial charge is 0.440 e. The maximum atomic E-state index is 13.8. The van der Waals surface area contributed by atoms with Crippen LogP contribution in [0.15, 0.2) is 46.4 Å². The van der Waals surface area contributed by atoms with Crippen LogP contribution in [-0.4, -0.2) is 11.0 Å². The first kappa shape index (κ1) is 13.1. The first-order valence-electron chi connectivity index (χ1n) is 5.78. The van der Waals surface area contributed by atoms with Crippen molar-refractivity contribution in [1.82, 2.24) is 4.98 Å². The minimum absolute atomic E-state index is 0.154. The Morgan fingerprint density at radius 1 is 1.44 bits per heavy atom. The van der Waals surface area contributed by atoms with Crippen LogP contribution < -0.4 is 5.73 Å². The Morgan fingerprint density at radius 2 is 2.22 bits per heavy atom. The number of benzene rings is 1. The summed E-state index contributed by atoms with van der Waals surface area (Å²) >= 11 is 1.35. The van der Waals surface area contributed by atoms with Gasteiger partial charge in [0.15, 0.2) is 0 Å². The predicted octanol–water partition coefficient (Wildman–Crippen LogP) is 3.38. The van der Waals surface area contributed by atoms with Crippen LogP contribution >= 0.6 is 11.8 Å². The molecule has 1 aromatic heterocycles. The number of hydrogen-bond acceptors (Lipinski definition) is 4. The topological polar surface area (TPSA) is 52.0 Å². The van der Waals surface area contributed by atoms with E-state index >= 15 is 0 Å². The molecule has 0 amide bonds. The lowest BCUT2D eigenvalue weighted by Gasteiger charge is -2.21. The second-order valence-electron chi connectivity index (χ2n) is 3.93. The zero-order chi connectivity index (χ0) is 13.0. The van der Waals surface area contributed by atoms with Gasteiger partial charge in [-0.25, -0.2) is 9.37 Å². The van der Waals surface area contributed by atoms with E-state index in [1.54, 1.807) is 18.3 Å². The summed E-state index contributed by atoms with van der Waals surface area (Å²) in [5, 5.41) is 0.307. The van der Waals surface area contributed by atoms with Gasteiger partial charge in [-0.1, -0.05) is 36.9 Å². The van der Waals surface area contributed by atoms with Crippen LogP contribution in [0.25, 0.3) is 0 Å². The van der Waals surface area contributed by atoms with Crippen LogP contribution in [0.4, 0.5) is 4.39 Å². The molecular weight excluding hydrogens is 251 g/mol. The maximum Gasteiger partial charge on any atom is 0.256 e. The molecule has 2 atom stereocenters. The monoisotopic (exact) mass is 266 g/mol. The molecular formula is C13H15FN2OS. The molecule has 1 aromatic carbocycles. The number of thioether (sulfide) groups is 1. The molecule has 96 valence electrons. The van der Waals surface area contributed by atoms with Crippen LogP contribution in [-0.2, 0) is 0 Å². The van der Waals surface area contributed by atoms with Gasteiger partial charge in [0.2, 0.25) is 0 Å². The normalized spacial score (nSPS) is 14.4. The summed E-state index contributed by atoms with van der Waals surface area (Å²) in [6, 6.07) is 6.53. The number of rotatable bonds is 5. The zero-order valence-corrected chi connectivity index (χ0v) is 10.9. The first-order chi connectivity index (χ1) is 8.72. The molecule has 0 radical (unpaired) electrons. The van der Waals surface area contributed by atoms with Gasteiger partial charge < -0.3 is 10.2 Å². The molecule has 0 aliphatic rings. The molecule has 0 aliphatic heterocycles. The summed E-state index contributed by atoms with van der Waals surface area (Å²) in [7, 11) is 0. The molecule has 18 heavy (non-hydrogen) atoms. The summed E-state index contributed by atoms with van der Waals surface area (Å²) in [5.74, 6) is -0.245. The predicted molar refractivity (Wildman–Crippen MR) is 69.8 cm³/mol. The minimum atomic E-state index is -0.245. The third kappa shape index (κ3) is 2.91. The van der Waals surface area contributed by atoms with Crippen molar-refractivity contribution in [2.24, 2.45) is 5.73 Å². The Hall–Kier alpha value is -1.33. The lowest BCUT2D eigenvalue weighted by atomic mass is 10.0. The van der Waals surface area contributed by atoms with Gasteiger partial charge in [-0.3, -0.25) is 0 Å². The van der Waals surface area contributed by atoms with E-state index in [-0.39, 0.29) is 17.1 Å². The van der Waals surface area contributed by atoms with E-state index in [2.05, 4.69) is 4.98 Å². The second kappa shape index (κ2) is 6.02. The average molecular weight is 266 g/mol. The van der Waals surface area contributed by atoms with Crippen molar-refractivity contribution in [3.63, 3.8) is 0 Å². The van der Waals surface area contributed by atoms with E-state index < -0.39 is 0 Å². The molecule has 2 aromatic rings. The van der Waals surface area contributed by atoms with Gasteiger partial charge in [-0.05, 0) is 12.5 Å².